The summed E-state index contributed by atoms with van der Waals surface area (Å²) in [5.74, 6) is -5.04. The fourth-order valence-corrected chi connectivity index (χ4v) is 2.33. The molecule has 0 unspecified atom stereocenters. The summed E-state index contributed by atoms with van der Waals surface area (Å²) in [5.41, 5.74) is -0.821. The van der Waals surface area contributed by atoms with Gasteiger partial charge in [0.15, 0.2) is 5.78 Å². The van der Waals surface area contributed by atoms with Gasteiger partial charge in [-0.1, -0.05) is 13.8 Å². The number of nitrogens with zero attached hydrogens (tertiary/aromatic N) is 1. The topological polar surface area (TPSA) is 110 Å². The number of esters is 1. The van der Waals surface area contributed by atoms with Crippen LogP contribution in [-0.2, 0) is 23.9 Å². The summed E-state index contributed by atoms with van der Waals surface area (Å²) in [5, 5.41) is 8.48. The first-order chi connectivity index (χ1) is 9.20. The molecule has 20 heavy (non-hydrogen) atoms. The van der Waals surface area contributed by atoms with Crippen LogP contribution in [0.15, 0.2) is 4.99 Å². The first kappa shape index (κ1) is 16.0. The van der Waals surface area contributed by atoms with Crippen LogP contribution in [0.3, 0.4) is 0 Å². The number of ether oxygens (including phenoxy) is 1. The number of methoxy groups -OCH3 is 1. The highest BCUT2D eigenvalue weighted by atomic mass is 16.5. The Bertz CT molecular complexity index is 479. The van der Waals surface area contributed by atoms with Gasteiger partial charge in [0.25, 0.3) is 0 Å². The quantitative estimate of drug-likeness (QED) is 0.445. The van der Waals surface area contributed by atoms with Gasteiger partial charge >= 0.3 is 11.9 Å². The smallest absolute Gasteiger partial charge is 0.325 e. The molecule has 2 atom stereocenters. The molecule has 1 N–H and O–H groups in total. The fraction of sp³-hybridized carbons (Fsp3) is 0.615. The van der Waals surface area contributed by atoms with Crippen LogP contribution in [0.25, 0.3) is 0 Å². The Kier molecular flexibility index (Phi) is 4.75. The maximum absolute atomic E-state index is 12.3. The summed E-state index contributed by atoms with van der Waals surface area (Å²) in [4.78, 5) is 49.9. The monoisotopic (exact) mass is 283 g/mol. The molecule has 1 aliphatic carbocycles. The maximum atomic E-state index is 12.3. The van der Waals surface area contributed by atoms with Gasteiger partial charge in [0.1, 0.15) is 24.2 Å². The van der Waals surface area contributed by atoms with Crippen LogP contribution in [0, 0.1) is 17.3 Å². The van der Waals surface area contributed by atoms with Crippen molar-refractivity contribution in [2.45, 2.75) is 20.3 Å². The van der Waals surface area contributed by atoms with Gasteiger partial charge in [0.2, 0.25) is 0 Å². The molecular weight excluding hydrogens is 266 g/mol. The van der Waals surface area contributed by atoms with Crippen molar-refractivity contribution in [1.29, 1.82) is 0 Å². The van der Waals surface area contributed by atoms with Crippen molar-refractivity contribution in [3.05, 3.63) is 0 Å². The lowest BCUT2D eigenvalue weighted by Gasteiger charge is -2.36. The van der Waals surface area contributed by atoms with E-state index in [9.17, 15) is 19.2 Å². The number of hydrogen-bond acceptors (Lipinski definition) is 6. The molecular formula is C13H17NO6. The number of ketones is 2. The molecule has 0 amide bonds. The molecule has 0 radical (unpaired) electrons. The highest BCUT2D eigenvalue weighted by Crippen LogP contribution is 2.39. The van der Waals surface area contributed by atoms with E-state index in [0.29, 0.717) is 0 Å². The van der Waals surface area contributed by atoms with Crippen molar-refractivity contribution in [3.63, 3.8) is 0 Å². The standard InChI is InChI=1S/C13H17NO6/c1-13(2)4-8(15)7(5-14-6-9(16)17)11(18)10(13)12(19)20-3/h5,7,10H,4,6H2,1-3H3,(H,16,17)/t7-,10+/m0/s1. The van der Waals surface area contributed by atoms with E-state index >= 15 is 0 Å². The molecule has 0 aromatic carbocycles. The number of Topliss-reactive ketones (excluding diaryl/α,β-unsaturated/α-hetero) is 2. The summed E-state index contributed by atoms with van der Waals surface area (Å²) >= 11 is 0. The highest BCUT2D eigenvalue weighted by Gasteiger charge is 2.51. The number of aliphatic carboxylic acids is 1. The second kappa shape index (κ2) is 5.94. The second-order valence-electron chi connectivity index (χ2n) is 5.35. The largest absolute Gasteiger partial charge is 0.480 e. The number of rotatable bonds is 4. The molecule has 0 aliphatic heterocycles. The van der Waals surface area contributed by atoms with E-state index in [1.54, 1.807) is 13.8 Å². The minimum Gasteiger partial charge on any atom is -0.480 e. The van der Waals surface area contributed by atoms with Crippen molar-refractivity contribution in [3.8, 4) is 0 Å². The van der Waals surface area contributed by atoms with Crippen molar-refractivity contribution in [2.24, 2.45) is 22.2 Å². The zero-order valence-corrected chi connectivity index (χ0v) is 11.6. The van der Waals surface area contributed by atoms with E-state index in [1.807, 2.05) is 0 Å². The van der Waals surface area contributed by atoms with Crippen molar-refractivity contribution >= 4 is 29.7 Å². The van der Waals surface area contributed by atoms with E-state index in [0.717, 1.165) is 6.21 Å². The summed E-state index contributed by atoms with van der Waals surface area (Å²) in [6.07, 6.45) is 1.05. The zero-order valence-electron chi connectivity index (χ0n) is 11.6. The number of carboxylic acids is 1. The molecule has 0 aromatic rings. The zero-order chi connectivity index (χ0) is 15.5. The molecule has 0 spiro atoms. The summed E-state index contributed by atoms with van der Waals surface area (Å²) < 4.78 is 4.61. The first-order valence-corrected chi connectivity index (χ1v) is 6.06. The van der Waals surface area contributed by atoms with Crippen LogP contribution < -0.4 is 0 Å². The lowest BCUT2D eigenvalue weighted by Crippen LogP contribution is -2.50. The molecule has 110 valence electrons. The Labute approximate surface area is 116 Å². The van der Waals surface area contributed by atoms with E-state index in [4.69, 9.17) is 5.11 Å². The Morgan fingerprint density at radius 1 is 1.45 bits per heavy atom. The molecule has 0 aromatic heterocycles. The minimum atomic E-state index is -1.17. The lowest BCUT2D eigenvalue weighted by molar-refractivity contribution is -0.159. The number of carboxylic acid groups (broad SMARTS) is 1. The Hall–Kier alpha value is -2.05. The van der Waals surface area contributed by atoms with Crippen LogP contribution in [0.5, 0.6) is 0 Å². The average Bonchev–Trinajstić information content (AvgIpc) is 2.31. The number of aliphatic imine (C=N–C) groups is 1. The third kappa shape index (κ3) is 3.28. The second-order valence-corrected chi connectivity index (χ2v) is 5.35. The minimum absolute atomic E-state index is 0.0300. The predicted octanol–water partition coefficient (Wildman–Crippen LogP) is 0.115. The molecule has 1 fully saturated rings. The number of carbonyl (C=O) groups is 4. The summed E-state index contributed by atoms with van der Waals surface area (Å²) in [6, 6.07) is 0. The van der Waals surface area contributed by atoms with Gasteiger partial charge in [0.05, 0.1) is 7.11 Å². The van der Waals surface area contributed by atoms with Crippen LogP contribution in [0.4, 0.5) is 0 Å². The summed E-state index contributed by atoms with van der Waals surface area (Å²) in [6.45, 7) is 2.77. The fourth-order valence-electron chi connectivity index (χ4n) is 2.33. The predicted molar refractivity (Wildman–Crippen MR) is 68.4 cm³/mol. The number of carbonyl (C=O) groups excluding carboxylic acids is 3. The van der Waals surface area contributed by atoms with Gasteiger partial charge in [-0.3, -0.25) is 24.2 Å². The molecule has 0 bridgehead atoms. The van der Waals surface area contributed by atoms with Crippen LogP contribution in [0.2, 0.25) is 0 Å². The van der Waals surface area contributed by atoms with Gasteiger partial charge in [-0.2, -0.15) is 0 Å². The Morgan fingerprint density at radius 2 is 2.05 bits per heavy atom. The SMILES string of the molecule is COC(=O)[C@H]1C(=O)[C@@H](C=NCC(=O)O)C(=O)CC1(C)C. The highest BCUT2D eigenvalue weighted by molar-refractivity contribution is 6.21. The van der Waals surface area contributed by atoms with Gasteiger partial charge < -0.3 is 9.84 Å². The summed E-state index contributed by atoms with van der Waals surface area (Å²) in [7, 11) is 1.18. The van der Waals surface area contributed by atoms with E-state index in [1.165, 1.54) is 7.11 Å². The van der Waals surface area contributed by atoms with Gasteiger partial charge in [-0.15, -0.1) is 0 Å². The molecule has 7 nitrogen and oxygen atoms in total. The average molecular weight is 283 g/mol. The van der Waals surface area contributed by atoms with Crippen LogP contribution in [0.1, 0.15) is 20.3 Å². The van der Waals surface area contributed by atoms with Crippen molar-refractivity contribution in [2.75, 3.05) is 13.7 Å². The van der Waals surface area contributed by atoms with Crippen molar-refractivity contribution in [1.82, 2.24) is 0 Å². The first-order valence-electron chi connectivity index (χ1n) is 6.06. The Balaban J connectivity index is 3.01. The third-order valence-corrected chi connectivity index (χ3v) is 3.27. The van der Waals surface area contributed by atoms with E-state index in [-0.39, 0.29) is 12.2 Å². The van der Waals surface area contributed by atoms with Crippen molar-refractivity contribution < 1.29 is 29.0 Å². The molecule has 0 saturated heterocycles. The molecule has 1 aliphatic rings. The maximum Gasteiger partial charge on any atom is 0.325 e. The molecule has 1 saturated carbocycles. The van der Waals surface area contributed by atoms with Gasteiger partial charge in [-0.25, -0.2) is 0 Å². The lowest BCUT2D eigenvalue weighted by atomic mass is 9.64. The molecule has 0 heterocycles. The van der Waals surface area contributed by atoms with E-state index < -0.39 is 41.5 Å². The normalized spacial score (nSPS) is 25.8. The van der Waals surface area contributed by atoms with Gasteiger partial charge in [0, 0.05) is 12.6 Å². The van der Waals surface area contributed by atoms with Crippen LogP contribution in [-0.4, -0.2) is 48.5 Å². The molecule has 1 rings (SSSR count). The third-order valence-electron chi connectivity index (χ3n) is 3.27. The number of hydrogen-bond donors (Lipinski definition) is 1. The molecule has 7 heteroatoms. The van der Waals surface area contributed by atoms with E-state index in [2.05, 4.69) is 9.73 Å². The van der Waals surface area contributed by atoms with Crippen LogP contribution >= 0.6 is 0 Å². The van der Waals surface area contributed by atoms with Gasteiger partial charge in [-0.05, 0) is 5.41 Å². The Morgan fingerprint density at radius 3 is 2.55 bits per heavy atom.